The van der Waals surface area contributed by atoms with Gasteiger partial charge in [0.2, 0.25) is 0 Å². The number of hydrogen-bond donors (Lipinski definition) is 1. The van der Waals surface area contributed by atoms with Gasteiger partial charge >= 0.3 is 6.03 Å². The highest BCUT2D eigenvalue weighted by atomic mass is 16.5. The number of aromatic nitrogens is 2. The lowest BCUT2D eigenvalue weighted by Gasteiger charge is -2.46. The molecule has 1 aromatic heterocycles. The summed E-state index contributed by atoms with van der Waals surface area (Å²) in [5, 5.41) is 11.2. The van der Waals surface area contributed by atoms with Crippen molar-refractivity contribution >= 4 is 11.9 Å². The summed E-state index contributed by atoms with van der Waals surface area (Å²) in [6, 6.07) is 9.39. The Labute approximate surface area is 199 Å². The molecule has 3 fully saturated rings. The normalized spacial score (nSPS) is 29.8. The first-order valence-electron chi connectivity index (χ1n) is 12.1. The smallest absolute Gasteiger partial charge is 0.325 e. The summed E-state index contributed by atoms with van der Waals surface area (Å²) in [5.74, 6) is 6.93. The Morgan fingerprint density at radius 1 is 1.18 bits per heavy atom. The molecule has 1 N–H and O–H groups in total. The predicted octanol–water partition coefficient (Wildman–Crippen LogP) is 3.32. The molecule has 2 heterocycles. The molecule has 1 aliphatic heterocycles. The third-order valence-corrected chi connectivity index (χ3v) is 8.11. The van der Waals surface area contributed by atoms with Gasteiger partial charge in [0.1, 0.15) is 0 Å². The van der Waals surface area contributed by atoms with Crippen LogP contribution in [0.1, 0.15) is 60.9 Å². The molecule has 2 aromatic rings. The number of urea groups is 1. The van der Waals surface area contributed by atoms with E-state index < -0.39 is 5.54 Å². The number of carbonyl (C=O) groups is 2. The van der Waals surface area contributed by atoms with Gasteiger partial charge in [0.25, 0.3) is 5.91 Å². The van der Waals surface area contributed by atoms with Gasteiger partial charge in [-0.3, -0.25) is 9.69 Å². The monoisotopic (exact) mass is 456 g/mol. The molecule has 0 radical (unpaired) electrons. The van der Waals surface area contributed by atoms with Crippen LogP contribution in [-0.2, 0) is 28.0 Å². The summed E-state index contributed by atoms with van der Waals surface area (Å²) in [5.41, 5.74) is 2.06. The Morgan fingerprint density at radius 2 is 2.00 bits per heavy atom. The van der Waals surface area contributed by atoms with Crippen molar-refractivity contribution < 1.29 is 14.3 Å². The Bertz CT molecular complexity index is 1210. The molecule has 3 aliphatic carbocycles. The number of carbonyl (C=O) groups excluding carboxylic acids is 2. The summed E-state index contributed by atoms with van der Waals surface area (Å²) in [6.07, 6.45) is 8.23. The van der Waals surface area contributed by atoms with Crippen LogP contribution in [-0.4, -0.2) is 40.2 Å². The quantitative estimate of drug-likeness (QED) is 0.566. The average Bonchev–Trinajstić information content (AvgIpc) is 3.62. The lowest BCUT2D eigenvalue weighted by Crippen LogP contribution is -2.56. The van der Waals surface area contributed by atoms with Gasteiger partial charge in [-0.15, -0.1) is 0 Å². The number of nitrogens with zero attached hydrogens (tertiary/aromatic N) is 3. The summed E-state index contributed by atoms with van der Waals surface area (Å²) in [7, 11) is 1.75. The van der Waals surface area contributed by atoms with Gasteiger partial charge in [0.05, 0.1) is 18.3 Å². The van der Waals surface area contributed by atoms with Gasteiger partial charge in [-0.05, 0) is 80.3 Å². The van der Waals surface area contributed by atoms with Crippen molar-refractivity contribution in [3.05, 3.63) is 58.9 Å². The van der Waals surface area contributed by atoms with Crippen molar-refractivity contribution in [1.82, 2.24) is 20.4 Å². The molecule has 4 aliphatic rings. The second-order valence-corrected chi connectivity index (χ2v) is 10.1. The van der Waals surface area contributed by atoms with Crippen molar-refractivity contribution in [3.63, 3.8) is 0 Å². The standard InChI is InChI=1S/C27H28N4O3/c1-34-22-10-12-26(13-11-22)16-20-9-8-19(7-6-18-4-5-18)15-23(20)27(26)24(32)31(25(33)29-27)17-21-3-2-14-28-30-21/h2-3,8-9,14-15,18,22H,4-5,10-13,16-17H2,1H3,(H,29,33). The number of methoxy groups -OCH3 is 1. The fourth-order valence-electron chi connectivity index (χ4n) is 6.13. The van der Waals surface area contributed by atoms with E-state index in [0.29, 0.717) is 11.6 Å². The van der Waals surface area contributed by atoms with Crippen molar-refractivity contribution in [2.75, 3.05) is 7.11 Å². The van der Waals surface area contributed by atoms with E-state index in [1.165, 1.54) is 4.90 Å². The van der Waals surface area contributed by atoms with E-state index in [0.717, 1.165) is 61.6 Å². The van der Waals surface area contributed by atoms with Crippen LogP contribution in [0, 0.1) is 23.2 Å². The molecular weight excluding hydrogens is 428 g/mol. The van der Waals surface area contributed by atoms with Crippen LogP contribution in [0.3, 0.4) is 0 Å². The molecule has 174 valence electrons. The number of hydrogen-bond acceptors (Lipinski definition) is 5. The molecule has 2 spiro atoms. The third-order valence-electron chi connectivity index (χ3n) is 8.11. The average molecular weight is 457 g/mol. The Kier molecular flexibility index (Phi) is 4.96. The number of benzene rings is 1. The van der Waals surface area contributed by atoms with Crippen LogP contribution in [0.25, 0.3) is 0 Å². The lowest BCUT2D eigenvalue weighted by atomic mass is 9.61. The van der Waals surface area contributed by atoms with Gasteiger partial charge in [-0.1, -0.05) is 17.9 Å². The van der Waals surface area contributed by atoms with E-state index in [1.807, 2.05) is 6.07 Å². The number of fused-ring (bicyclic) bond motifs is 3. The van der Waals surface area contributed by atoms with Crippen molar-refractivity contribution in [2.24, 2.45) is 11.3 Å². The first-order chi connectivity index (χ1) is 16.5. The van der Waals surface area contributed by atoms with Gasteiger partial charge in [0, 0.05) is 30.2 Å². The van der Waals surface area contributed by atoms with Crippen LogP contribution < -0.4 is 5.32 Å². The lowest BCUT2D eigenvalue weighted by molar-refractivity contribution is -0.139. The van der Waals surface area contributed by atoms with Crippen LogP contribution in [0.2, 0.25) is 0 Å². The summed E-state index contributed by atoms with van der Waals surface area (Å²) < 4.78 is 5.63. The van der Waals surface area contributed by atoms with E-state index in [-0.39, 0.29) is 30.0 Å². The molecule has 2 saturated carbocycles. The first-order valence-corrected chi connectivity index (χ1v) is 12.1. The zero-order valence-corrected chi connectivity index (χ0v) is 19.3. The zero-order valence-electron chi connectivity index (χ0n) is 19.3. The highest BCUT2D eigenvalue weighted by Crippen LogP contribution is 2.60. The summed E-state index contributed by atoms with van der Waals surface area (Å²) in [6.45, 7) is 0.105. The van der Waals surface area contributed by atoms with Crippen molar-refractivity contribution in [3.8, 4) is 11.8 Å². The first kappa shape index (κ1) is 21.3. The molecule has 1 unspecified atom stereocenters. The second-order valence-electron chi connectivity index (χ2n) is 10.1. The summed E-state index contributed by atoms with van der Waals surface area (Å²) >= 11 is 0. The second kappa shape index (κ2) is 7.92. The largest absolute Gasteiger partial charge is 0.381 e. The van der Waals surface area contributed by atoms with Gasteiger partial charge in [-0.2, -0.15) is 10.2 Å². The predicted molar refractivity (Wildman–Crippen MR) is 124 cm³/mol. The maximum Gasteiger partial charge on any atom is 0.325 e. The number of ether oxygens (including phenoxy) is 1. The molecule has 1 saturated heterocycles. The van der Waals surface area contributed by atoms with Crippen LogP contribution in [0.5, 0.6) is 0 Å². The Morgan fingerprint density at radius 3 is 2.71 bits per heavy atom. The number of imide groups is 1. The van der Waals surface area contributed by atoms with Crippen LogP contribution >= 0.6 is 0 Å². The molecule has 1 atom stereocenters. The van der Waals surface area contributed by atoms with Crippen molar-refractivity contribution in [2.45, 2.75) is 63.1 Å². The highest BCUT2D eigenvalue weighted by molar-refractivity contribution is 6.08. The number of nitrogens with one attached hydrogen (secondary N) is 1. The number of amides is 3. The molecule has 1 aromatic carbocycles. The topological polar surface area (TPSA) is 84.4 Å². The number of rotatable bonds is 3. The molecule has 6 rings (SSSR count). The maximum atomic E-state index is 14.2. The molecular formula is C27H28N4O3. The van der Waals surface area contributed by atoms with E-state index in [4.69, 9.17) is 4.74 Å². The molecule has 3 amide bonds. The Hall–Kier alpha value is -3.24. The third kappa shape index (κ3) is 3.24. The molecule has 34 heavy (non-hydrogen) atoms. The summed E-state index contributed by atoms with van der Waals surface area (Å²) in [4.78, 5) is 28.9. The minimum absolute atomic E-state index is 0.105. The van der Waals surface area contributed by atoms with E-state index in [9.17, 15) is 9.59 Å². The molecule has 7 nitrogen and oxygen atoms in total. The van der Waals surface area contributed by atoms with E-state index >= 15 is 0 Å². The van der Waals surface area contributed by atoms with Crippen molar-refractivity contribution in [1.29, 1.82) is 0 Å². The van der Waals surface area contributed by atoms with Crippen LogP contribution in [0.4, 0.5) is 4.79 Å². The molecule has 7 heteroatoms. The Balaban J connectivity index is 1.43. The fraction of sp³-hybridized carbons (Fsp3) is 0.481. The van der Waals surface area contributed by atoms with E-state index in [2.05, 4.69) is 39.5 Å². The van der Waals surface area contributed by atoms with E-state index in [1.54, 1.807) is 25.4 Å². The highest BCUT2D eigenvalue weighted by Gasteiger charge is 2.68. The van der Waals surface area contributed by atoms with Gasteiger partial charge in [-0.25, -0.2) is 4.79 Å². The minimum Gasteiger partial charge on any atom is -0.381 e. The van der Waals surface area contributed by atoms with Gasteiger partial charge < -0.3 is 10.1 Å². The fourth-order valence-corrected chi connectivity index (χ4v) is 6.13. The maximum absolute atomic E-state index is 14.2. The zero-order chi connectivity index (χ0) is 23.3. The SMILES string of the molecule is COC1CCC2(CC1)Cc1ccc(C#CC3CC3)cc1C21NC(=O)N(Cc2cccnn2)C1=O. The molecule has 0 bridgehead atoms. The minimum atomic E-state index is -1.09. The van der Waals surface area contributed by atoms with Crippen LogP contribution in [0.15, 0.2) is 36.5 Å². The van der Waals surface area contributed by atoms with Gasteiger partial charge in [0.15, 0.2) is 5.54 Å².